The van der Waals surface area contributed by atoms with Crippen LogP contribution in [0.2, 0.25) is 0 Å². The summed E-state index contributed by atoms with van der Waals surface area (Å²) in [5.74, 6) is -0.0721. The lowest BCUT2D eigenvalue weighted by Crippen LogP contribution is -2.23. The predicted octanol–water partition coefficient (Wildman–Crippen LogP) is 7.29. The van der Waals surface area contributed by atoms with E-state index in [2.05, 4.69) is 89.3 Å². The lowest BCUT2D eigenvalue weighted by molar-refractivity contribution is 0.102. The zero-order chi connectivity index (χ0) is 22.3. The quantitative estimate of drug-likeness (QED) is 0.483. The molecule has 158 valence electrons. The van der Waals surface area contributed by atoms with Crippen LogP contribution < -0.4 is 5.32 Å². The van der Waals surface area contributed by atoms with E-state index >= 15 is 0 Å². The highest BCUT2D eigenvalue weighted by Crippen LogP contribution is 2.41. The van der Waals surface area contributed by atoms with Gasteiger partial charge in [0.2, 0.25) is 0 Å². The van der Waals surface area contributed by atoms with Crippen LogP contribution in [0, 0.1) is 27.7 Å². The molecule has 0 fully saturated rings. The fourth-order valence-electron chi connectivity index (χ4n) is 4.39. The van der Waals surface area contributed by atoms with E-state index in [1.54, 1.807) is 0 Å². The number of hydrogen-bond donors (Lipinski definition) is 1. The summed E-state index contributed by atoms with van der Waals surface area (Å²) in [5, 5.41) is 3.10. The largest absolute Gasteiger partial charge is 0.322 e. The van der Waals surface area contributed by atoms with Crippen molar-refractivity contribution in [3.8, 4) is 0 Å². The van der Waals surface area contributed by atoms with Gasteiger partial charge < -0.3 is 5.32 Å². The standard InChI is InChI=1S/C29H31NO/c1-18-7-9-22(10-8-18)25-13-14-29(5,6)27-12-11-23(17-26(25)27)28(31)30-24-15-19(2)21(4)20(3)16-24/h7-13,15-17H,14H2,1-6H3,(H,30,31). The Balaban J connectivity index is 1.72. The van der Waals surface area contributed by atoms with Crippen LogP contribution >= 0.6 is 0 Å². The van der Waals surface area contributed by atoms with E-state index in [1.165, 1.54) is 39.0 Å². The molecule has 3 aromatic carbocycles. The van der Waals surface area contributed by atoms with E-state index < -0.39 is 0 Å². The number of benzene rings is 3. The molecule has 2 nitrogen and oxygen atoms in total. The highest BCUT2D eigenvalue weighted by molar-refractivity contribution is 6.05. The molecule has 31 heavy (non-hydrogen) atoms. The number of nitrogens with one attached hydrogen (secondary N) is 1. The lowest BCUT2D eigenvalue weighted by Gasteiger charge is -2.32. The van der Waals surface area contributed by atoms with Gasteiger partial charge in [0.05, 0.1) is 0 Å². The molecule has 0 aliphatic heterocycles. The van der Waals surface area contributed by atoms with Crippen molar-refractivity contribution in [2.45, 2.75) is 53.4 Å². The number of allylic oxidation sites excluding steroid dienone is 1. The summed E-state index contributed by atoms with van der Waals surface area (Å²) in [6.45, 7) is 12.9. The van der Waals surface area contributed by atoms with Crippen molar-refractivity contribution in [1.29, 1.82) is 0 Å². The summed E-state index contributed by atoms with van der Waals surface area (Å²) in [5.41, 5.74) is 11.3. The SMILES string of the molecule is Cc1ccc(C2=CCC(C)(C)c3ccc(C(=O)Nc4cc(C)c(C)c(C)c4)cc32)cc1. The summed E-state index contributed by atoms with van der Waals surface area (Å²) in [4.78, 5) is 13.1. The zero-order valence-corrected chi connectivity index (χ0v) is 19.4. The molecule has 0 unspecified atom stereocenters. The summed E-state index contributed by atoms with van der Waals surface area (Å²) in [7, 11) is 0. The second-order valence-electron chi connectivity index (χ2n) is 9.52. The molecule has 0 aromatic heterocycles. The van der Waals surface area contributed by atoms with Crippen LogP contribution in [0.3, 0.4) is 0 Å². The molecule has 0 heterocycles. The van der Waals surface area contributed by atoms with Crippen LogP contribution in [0.15, 0.2) is 60.7 Å². The number of rotatable bonds is 3. The Morgan fingerprint density at radius 1 is 0.871 bits per heavy atom. The van der Waals surface area contributed by atoms with Gasteiger partial charge in [-0.05, 0) is 103 Å². The normalized spacial score (nSPS) is 14.6. The molecule has 0 saturated heterocycles. The molecule has 0 atom stereocenters. The molecule has 4 rings (SSSR count). The molecule has 1 aliphatic carbocycles. The Morgan fingerprint density at radius 3 is 2.16 bits per heavy atom. The lowest BCUT2D eigenvalue weighted by atomic mass is 9.72. The number of hydrogen-bond acceptors (Lipinski definition) is 1. The van der Waals surface area contributed by atoms with Crippen LogP contribution in [-0.4, -0.2) is 5.91 Å². The van der Waals surface area contributed by atoms with Gasteiger partial charge in [-0.15, -0.1) is 0 Å². The Hall–Kier alpha value is -3.13. The Kier molecular flexibility index (Phi) is 5.35. The minimum absolute atomic E-state index is 0.0454. The van der Waals surface area contributed by atoms with Gasteiger partial charge in [-0.1, -0.05) is 55.8 Å². The fourth-order valence-corrected chi connectivity index (χ4v) is 4.39. The van der Waals surface area contributed by atoms with Crippen LogP contribution in [0.5, 0.6) is 0 Å². The third-order valence-corrected chi connectivity index (χ3v) is 6.67. The molecule has 1 N–H and O–H groups in total. The maximum Gasteiger partial charge on any atom is 0.255 e. The van der Waals surface area contributed by atoms with E-state index in [4.69, 9.17) is 0 Å². The molecule has 0 spiro atoms. The van der Waals surface area contributed by atoms with E-state index in [9.17, 15) is 4.79 Å². The minimum atomic E-state index is -0.0721. The number of carbonyl (C=O) groups excluding carboxylic acids is 1. The number of aryl methyl sites for hydroxylation is 3. The highest BCUT2D eigenvalue weighted by atomic mass is 16.1. The molecule has 3 aromatic rings. The molecular weight excluding hydrogens is 378 g/mol. The molecule has 0 bridgehead atoms. The molecule has 1 aliphatic rings. The van der Waals surface area contributed by atoms with Crippen molar-refractivity contribution in [2.24, 2.45) is 0 Å². The van der Waals surface area contributed by atoms with Gasteiger partial charge in [-0.3, -0.25) is 4.79 Å². The Labute approximate surface area is 186 Å². The first kappa shape index (κ1) is 21.1. The second kappa shape index (κ2) is 7.85. The van der Waals surface area contributed by atoms with E-state index in [1.807, 2.05) is 18.2 Å². The average molecular weight is 410 g/mol. The number of fused-ring (bicyclic) bond motifs is 1. The van der Waals surface area contributed by atoms with Crippen molar-refractivity contribution in [2.75, 3.05) is 5.32 Å². The maximum atomic E-state index is 13.1. The second-order valence-corrected chi connectivity index (χ2v) is 9.52. The summed E-state index contributed by atoms with van der Waals surface area (Å²) >= 11 is 0. The number of amides is 1. The Bertz CT molecular complexity index is 1170. The van der Waals surface area contributed by atoms with Crippen LogP contribution in [-0.2, 0) is 5.41 Å². The van der Waals surface area contributed by atoms with Gasteiger partial charge in [0, 0.05) is 11.3 Å². The maximum absolute atomic E-state index is 13.1. The van der Waals surface area contributed by atoms with Gasteiger partial charge >= 0.3 is 0 Å². The van der Waals surface area contributed by atoms with E-state index in [0.29, 0.717) is 5.56 Å². The van der Waals surface area contributed by atoms with Crippen molar-refractivity contribution in [3.05, 3.63) is 105 Å². The smallest absolute Gasteiger partial charge is 0.255 e. The third-order valence-electron chi connectivity index (χ3n) is 6.67. The minimum Gasteiger partial charge on any atom is -0.322 e. The first-order chi connectivity index (χ1) is 14.7. The van der Waals surface area contributed by atoms with Crippen LogP contribution in [0.1, 0.15) is 69.6 Å². The highest BCUT2D eigenvalue weighted by Gasteiger charge is 2.29. The molecule has 0 saturated carbocycles. The van der Waals surface area contributed by atoms with Gasteiger partial charge in [-0.2, -0.15) is 0 Å². The number of carbonyl (C=O) groups is 1. The number of anilines is 1. The first-order valence-electron chi connectivity index (χ1n) is 11.0. The van der Waals surface area contributed by atoms with Crippen LogP contribution in [0.25, 0.3) is 5.57 Å². The van der Waals surface area contributed by atoms with E-state index in [-0.39, 0.29) is 11.3 Å². The molecule has 0 radical (unpaired) electrons. The van der Waals surface area contributed by atoms with Gasteiger partial charge in [0.15, 0.2) is 0 Å². The van der Waals surface area contributed by atoms with E-state index in [0.717, 1.165) is 17.7 Å². The molecule has 1 amide bonds. The van der Waals surface area contributed by atoms with Crippen molar-refractivity contribution in [1.82, 2.24) is 0 Å². The summed E-state index contributed by atoms with van der Waals surface area (Å²) < 4.78 is 0. The van der Waals surface area contributed by atoms with Crippen molar-refractivity contribution >= 4 is 17.2 Å². The average Bonchev–Trinajstić information content (AvgIpc) is 2.72. The van der Waals surface area contributed by atoms with Gasteiger partial charge in [-0.25, -0.2) is 0 Å². The van der Waals surface area contributed by atoms with Gasteiger partial charge in [0.25, 0.3) is 5.91 Å². The summed E-state index contributed by atoms with van der Waals surface area (Å²) in [6.07, 6.45) is 3.30. The molecule has 2 heteroatoms. The summed E-state index contributed by atoms with van der Waals surface area (Å²) in [6, 6.07) is 18.9. The molecular formula is C29H31NO. The zero-order valence-electron chi connectivity index (χ0n) is 19.4. The van der Waals surface area contributed by atoms with Crippen molar-refractivity contribution in [3.63, 3.8) is 0 Å². The fraction of sp³-hybridized carbons (Fsp3) is 0.276. The topological polar surface area (TPSA) is 29.1 Å². The van der Waals surface area contributed by atoms with Crippen molar-refractivity contribution < 1.29 is 4.79 Å². The predicted molar refractivity (Wildman–Crippen MR) is 131 cm³/mol. The Morgan fingerprint density at radius 2 is 1.52 bits per heavy atom. The van der Waals surface area contributed by atoms with Gasteiger partial charge in [0.1, 0.15) is 0 Å². The monoisotopic (exact) mass is 409 g/mol. The third kappa shape index (κ3) is 4.07. The first-order valence-corrected chi connectivity index (χ1v) is 11.0. The van der Waals surface area contributed by atoms with Crippen LogP contribution in [0.4, 0.5) is 5.69 Å².